The molecule has 4 rings (SSSR count). The van der Waals surface area contributed by atoms with Crippen LogP contribution in [0.1, 0.15) is 38.4 Å². The summed E-state index contributed by atoms with van der Waals surface area (Å²) in [5, 5.41) is 4.31. The van der Waals surface area contributed by atoms with Gasteiger partial charge in [-0.3, -0.25) is 0 Å². The Morgan fingerprint density at radius 1 is 1.42 bits per heavy atom. The van der Waals surface area contributed by atoms with Crippen molar-refractivity contribution in [3.63, 3.8) is 0 Å². The molecule has 2 aliphatic rings. The SMILES string of the molecule is [C-]#[N+]C1=C[C@]2(C)c3nc4c(Br)cnn4cc3CC[C@H]2C(C)(C)C1=O. The van der Waals surface area contributed by atoms with Crippen LogP contribution < -0.4 is 0 Å². The summed E-state index contributed by atoms with van der Waals surface area (Å²) >= 11 is 3.49. The van der Waals surface area contributed by atoms with Crippen molar-refractivity contribution in [3.05, 3.63) is 51.3 Å². The summed E-state index contributed by atoms with van der Waals surface area (Å²) in [4.78, 5) is 21.1. The summed E-state index contributed by atoms with van der Waals surface area (Å²) in [6, 6.07) is 0. The third-order valence-corrected chi connectivity index (χ3v) is 6.27. The lowest BCUT2D eigenvalue weighted by atomic mass is 9.53. The number of nitrogens with zero attached hydrogens (tertiary/aromatic N) is 4. The number of fused-ring (bicyclic) bond motifs is 4. The Hall–Kier alpha value is -2.00. The summed E-state index contributed by atoms with van der Waals surface area (Å²) in [6.45, 7) is 13.5. The number of carbonyl (C=O) groups excluding carboxylic acids is 1. The van der Waals surface area contributed by atoms with Gasteiger partial charge in [0.15, 0.2) is 11.4 Å². The maximum Gasteiger partial charge on any atom is 0.226 e. The summed E-state index contributed by atoms with van der Waals surface area (Å²) in [7, 11) is 0. The van der Waals surface area contributed by atoms with Gasteiger partial charge in [-0.25, -0.2) is 14.3 Å². The lowest BCUT2D eigenvalue weighted by Crippen LogP contribution is -2.51. The Kier molecular flexibility index (Phi) is 3.08. The van der Waals surface area contributed by atoms with E-state index in [0.29, 0.717) is 0 Å². The fourth-order valence-electron chi connectivity index (χ4n) is 4.53. The highest BCUT2D eigenvalue weighted by atomic mass is 79.9. The minimum atomic E-state index is -0.563. The lowest BCUT2D eigenvalue weighted by molar-refractivity contribution is -0.128. The predicted molar refractivity (Wildman–Crippen MR) is 93.3 cm³/mol. The van der Waals surface area contributed by atoms with Gasteiger partial charge in [0.25, 0.3) is 0 Å². The molecule has 0 saturated heterocycles. The lowest BCUT2D eigenvalue weighted by Gasteiger charge is -2.50. The average molecular weight is 385 g/mol. The molecule has 2 aromatic rings. The highest BCUT2D eigenvalue weighted by Gasteiger charge is 2.54. The Morgan fingerprint density at radius 2 is 2.17 bits per heavy atom. The second-order valence-corrected chi connectivity index (χ2v) is 8.30. The minimum Gasteiger partial charge on any atom is -0.307 e. The van der Waals surface area contributed by atoms with Crippen molar-refractivity contribution in [2.75, 3.05) is 0 Å². The van der Waals surface area contributed by atoms with Gasteiger partial charge in [-0.05, 0) is 40.3 Å². The topological polar surface area (TPSA) is 51.6 Å². The number of hydrogen-bond acceptors (Lipinski definition) is 3. The normalized spacial score (nSPS) is 28.0. The largest absolute Gasteiger partial charge is 0.307 e. The van der Waals surface area contributed by atoms with E-state index < -0.39 is 10.8 Å². The van der Waals surface area contributed by atoms with Crippen LogP contribution in [0.3, 0.4) is 0 Å². The van der Waals surface area contributed by atoms with Crippen LogP contribution in [0, 0.1) is 17.9 Å². The summed E-state index contributed by atoms with van der Waals surface area (Å²) in [6.07, 6.45) is 7.39. The van der Waals surface area contributed by atoms with Crippen molar-refractivity contribution in [1.82, 2.24) is 14.6 Å². The van der Waals surface area contributed by atoms with E-state index >= 15 is 0 Å². The number of allylic oxidation sites excluding steroid dienone is 2. The van der Waals surface area contributed by atoms with Crippen LogP contribution in [0.5, 0.6) is 0 Å². The number of carbonyl (C=O) groups is 1. The molecule has 0 N–H and O–H groups in total. The molecular weight excluding hydrogens is 368 g/mol. The molecule has 0 aliphatic heterocycles. The molecule has 2 aliphatic carbocycles. The molecule has 0 bridgehead atoms. The molecule has 0 fully saturated rings. The van der Waals surface area contributed by atoms with Gasteiger partial charge in [0.2, 0.25) is 5.70 Å². The van der Waals surface area contributed by atoms with Gasteiger partial charge in [-0.15, -0.1) is 0 Å². The van der Waals surface area contributed by atoms with Crippen molar-refractivity contribution in [1.29, 1.82) is 0 Å². The molecule has 0 aromatic carbocycles. The molecule has 6 heteroatoms. The predicted octanol–water partition coefficient (Wildman–Crippen LogP) is 3.72. The fourth-order valence-corrected chi connectivity index (χ4v) is 4.90. The standard InChI is InChI=1S/C18H17BrN4O/c1-17(2)13-6-5-10-9-23-16(11(19)8-21-23)22-14(10)18(13,3)7-12(20-4)15(17)24/h7-9,13H,5-6H2,1-3H3/t13-,18-/m0/s1. The molecule has 0 unspecified atom stereocenters. The van der Waals surface area contributed by atoms with E-state index in [2.05, 4.69) is 32.8 Å². The maximum atomic E-state index is 12.7. The van der Waals surface area contributed by atoms with Crippen molar-refractivity contribution >= 4 is 27.4 Å². The molecule has 122 valence electrons. The van der Waals surface area contributed by atoms with Crippen molar-refractivity contribution in [2.24, 2.45) is 11.3 Å². The molecule has 5 nitrogen and oxygen atoms in total. The zero-order valence-electron chi connectivity index (χ0n) is 13.8. The second-order valence-electron chi connectivity index (χ2n) is 7.44. The highest BCUT2D eigenvalue weighted by Crippen LogP contribution is 2.54. The number of halogens is 1. The van der Waals surface area contributed by atoms with Gasteiger partial charge in [0.05, 0.1) is 22.9 Å². The first-order valence-electron chi connectivity index (χ1n) is 7.97. The molecule has 0 amide bonds. The molecule has 0 radical (unpaired) electrons. The second kappa shape index (κ2) is 4.76. The maximum absolute atomic E-state index is 12.7. The zero-order chi connectivity index (χ0) is 17.3. The number of Topliss-reactive ketones (excluding diaryl/α,β-unsaturated/α-hetero) is 1. The first kappa shape index (κ1) is 15.5. The van der Waals surface area contributed by atoms with Crippen LogP contribution in [-0.2, 0) is 16.6 Å². The van der Waals surface area contributed by atoms with Crippen molar-refractivity contribution in [2.45, 2.75) is 39.0 Å². The van der Waals surface area contributed by atoms with Gasteiger partial charge in [-0.1, -0.05) is 26.8 Å². The van der Waals surface area contributed by atoms with E-state index in [1.54, 1.807) is 10.7 Å². The fraction of sp³-hybridized carbons (Fsp3) is 0.444. The molecule has 2 heterocycles. The van der Waals surface area contributed by atoms with E-state index in [0.717, 1.165) is 34.2 Å². The van der Waals surface area contributed by atoms with E-state index in [1.165, 1.54) is 0 Å². The third kappa shape index (κ3) is 1.82. The van der Waals surface area contributed by atoms with Gasteiger partial charge >= 0.3 is 0 Å². The van der Waals surface area contributed by atoms with E-state index in [9.17, 15) is 4.79 Å². The minimum absolute atomic E-state index is 0.0463. The highest BCUT2D eigenvalue weighted by molar-refractivity contribution is 9.10. The number of ketones is 1. The summed E-state index contributed by atoms with van der Waals surface area (Å²) in [5.74, 6) is 0.0854. The molecule has 24 heavy (non-hydrogen) atoms. The molecule has 0 spiro atoms. The van der Waals surface area contributed by atoms with Gasteiger partial charge < -0.3 is 4.79 Å². The van der Waals surface area contributed by atoms with Crippen molar-refractivity contribution < 1.29 is 4.79 Å². The van der Waals surface area contributed by atoms with Crippen LogP contribution in [0.25, 0.3) is 10.5 Å². The Bertz CT molecular complexity index is 965. The molecule has 2 atom stereocenters. The van der Waals surface area contributed by atoms with Gasteiger partial charge in [0, 0.05) is 17.0 Å². The first-order valence-corrected chi connectivity index (χ1v) is 8.76. The van der Waals surface area contributed by atoms with Gasteiger partial charge in [-0.2, -0.15) is 5.10 Å². The number of hydrogen-bond donors (Lipinski definition) is 0. The van der Waals surface area contributed by atoms with Crippen LogP contribution in [-0.4, -0.2) is 20.4 Å². The number of rotatable bonds is 0. The zero-order valence-corrected chi connectivity index (χ0v) is 15.4. The van der Waals surface area contributed by atoms with Crippen LogP contribution >= 0.6 is 15.9 Å². The monoisotopic (exact) mass is 384 g/mol. The molecule has 2 aromatic heterocycles. The number of aryl methyl sites for hydroxylation is 1. The van der Waals surface area contributed by atoms with E-state index in [1.807, 2.05) is 26.1 Å². The van der Waals surface area contributed by atoms with E-state index in [-0.39, 0.29) is 17.4 Å². The molecule has 0 saturated carbocycles. The van der Waals surface area contributed by atoms with Crippen LogP contribution in [0.15, 0.2) is 28.6 Å². The third-order valence-electron chi connectivity index (χ3n) is 5.71. The quantitative estimate of drug-likeness (QED) is 0.650. The van der Waals surface area contributed by atoms with Crippen LogP contribution in [0.2, 0.25) is 0 Å². The van der Waals surface area contributed by atoms with Crippen LogP contribution in [0.4, 0.5) is 0 Å². The average Bonchev–Trinajstić information content (AvgIpc) is 2.90. The Labute approximate surface area is 148 Å². The first-order chi connectivity index (χ1) is 11.3. The van der Waals surface area contributed by atoms with E-state index in [4.69, 9.17) is 11.6 Å². The molecular formula is C18H17BrN4O. The van der Waals surface area contributed by atoms with Crippen molar-refractivity contribution in [3.8, 4) is 0 Å². The summed E-state index contributed by atoms with van der Waals surface area (Å²) < 4.78 is 2.63. The number of aromatic nitrogens is 3. The Morgan fingerprint density at radius 3 is 2.88 bits per heavy atom. The van der Waals surface area contributed by atoms with Gasteiger partial charge in [0.1, 0.15) is 0 Å². The summed E-state index contributed by atoms with van der Waals surface area (Å²) in [5.41, 5.74) is 2.13. The smallest absolute Gasteiger partial charge is 0.226 e. The Balaban J connectivity index is 2.03.